The fourth-order valence-corrected chi connectivity index (χ4v) is 8.25. The van der Waals surface area contributed by atoms with Crippen molar-refractivity contribution in [1.82, 2.24) is 19.9 Å². The molecule has 9 rings (SSSR count). The Kier molecular flexibility index (Phi) is 9.74. The monoisotopic (exact) mass is 814 g/mol. The van der Waals surface area contributed by atoms with Crippen molar-refractivity contribution < 1.29 is 19.8 Å². The van der Waals surface area contributed by atoms with Crippen LogP contribution in [0, 0.1) is 0 Å². The number of aromatic nitrogens is 4. The molecule has 0 saturated carbocycles. The number of nitrogens with one attached hydrogen (secondary N) is 2. The van der Waals surface area contributed by atoms with Crippen LogP contribution in [-0.4, -0.2) is 42.1 Å². The number of carboxylic acid groups (broad SMARTS) is 2. The number of benzene rings is 4. The third-order valence-corrected chi connectivity index (χ3v) is 11.7. The number of hydrogen-bond acceptors (Lipinski definition) is 4. The first-order valence-electron chi connectivity index (χ1n) is 20.7. The normalized spacial score (nSPS) is 12.5. The van der Waals surface area contributed by atoms with Crippen molar-refractivity contribution in [2.45, 2.75) is 52.4 Å². The molecule has 3 aromatic heterocycles. The minimum Gasteiger partial charge on any atom is -0.478 e. The third-order valence-electron chi connectivity index (χ3n) is 11.7. The molecule has 0 aliphatic carbocycles. The van der Waals surface area contributed by atoms with Crippen LogP contribution < -0.4 is 0 Å². The molecule has 2 aliphatic rings. The van der Waals surface area contributed by atoms with E-state index in [1.54, 1.807) is 24.3 Å². The summed E-state index contributed by atoms with van der Waals surface area (Å²) in [6.07, 6.45) is 8.10. The number of nitrogens with zero attached hydrogens (tertiary/aromatic N) is 2. The summed E-state index contributed by atoms with van der Waals surface area (Å²) in [6, 6.07) is 39.3. The van der Waals surface area contributed by atoms with Crippen molar-refractivity contribution in [3.05, 3.63) is 166 Å². The summed E-state index contributed by atoms with van der Waals surface area (Å²) >= 11 is 0. The van der Waals surface area contributed by atoms with Crippen LogP contribution in [0.4, 0.5) is 0 Å². The predicted octanol–water partition coefficient (Wildman–Crippen LogP) is 13.3. The average Bonchev–Trinajstić information content (AvgIpc) is 4.09. The molecule has 0 amide bonds. The van der Waals surface area contributed by atoms with Gasteiger partial charge in [-0.1, -0.05) is 114 Å². The maximum Gasteiger partial charge on any atom is 0.335 e. The van der Waals surface area contributed by atoms with Crippen molar-refractivity contribution in [3.8, 4) is 44.5 Å². The van der Waals surface area contributed by atoms with Gasteiger partial charge in [-0.15, -0.1) is 0 Å². The van der Waals surface area contributed by atoms with E-state index in [0.29, 0.717) is 0 Å². The van der Waals surface area contributed by atoms with Gasteiger partial charge >= 0.3 is 11.9 Å². The van der Waals surface area contributed by atoms with Gasteiger partial charge in [0.2, 0.25) is 0 Å². The molecule has 0 unspecified atom stereocenters. The van der Waals surface area contributed by atoms with Gasteiger partial charge < -0.3 is 20.2 Å². The van der Waals surface area contributed by atoms with Crippen LogP contribution in [0.3, 0.4) is 0 Å². The van der Waals surface area contributed by atoms with Crippen molar-refractivity contribution in [2.24, 2.45) is 0 Å². The molecule has 2 aliphatic heterocycles. The summed E-state index contributed by atoms with van der Waals surface area (Å²) in [5.41, 5.74) is 16.0. The predicted molar refractivity (Wildman–Crippen MR) is 252 cm³/mol. The molecule has 0 saturated heterocycles. The first-order valence-corrected chi connectivity index (χ1v) is 20.7. The summed E-state index contributed by atoms with van der Waals surface area (Å²) in [4.78, 5) is 42.1. The van der Waals surface area contributed by atoms with E-state index >= 15 is 0 Å². The van der Waals surface area contributed by atoms with E-state index in [2.05, 4.69) is 112 Å². The molecule has 8 heteroatoms. The summed E-state index contributed by atoms with van der Waals surface area (Å²) in [5, 5.41) is 19.5. The van der Waals surface area contributed by atoms with Crippen LogP contribution in [0.5, 0.6) is 0 Å². The number of H-pyrrole nitrogens is 2. The Morgan fingerprint density at radius 1 is 0.387 bits per heavy atom. The lowest BCUT2D eigenvalue weighted by Crippen LogP contribution is -2.10. The van der Waals surface area contributed by atoms with Crippen LogP contribution in [0.25, 0.3) is 90.9 Å². The minimum atomic E-state index is -0.992. The van der Waals surface area contributed by atoms with Crippen molar-refractivity contribution in [2.75, 3.05) is 0 Å². The maximum atomic E-state index is 11.9. The molecule has 306 valence electrons. The van der Waals surface area contributed by atoms with Crippen molar-refractivity contribution >= 4 is 58.3 Å². The van der Waals surface area contributed by atoms with Crippen LogP contribution >= 0.6 is 0 Å². The quantitative estimate of drug-likeness (QED) is 0.132. The number of rotatable bonds is 6. The topological polar surface area (TPSA) is 132 Å². The second kappa shape index (κ2) is 15.2. The highest BCUT2D eigenvalue weighted by molar-refractivity contribution is 6.00. The van der Waals surface area contributed by atoms with Crippen LogP contribution in [0.15, 0.2) is 121 Å². The second-order valence-corrected chi connectivity index (χ2v) is 17.9. The van der Waals surface area contributed by atoms with E-state index in [0.717, 1.165) is 89.4 Å². The maximum absolute atomic E-state index is 11.9. The summed E-state index contributed by atoms with van der Waals surface area (Å²) in [5.74, 6) is -1.98. The van der Waals surface area contributed by atoms with Crippen molar-refractivity contribution in [1.29, 1.82) is 0 Å². The standard InChI is InChI=1S/C54H46N4O4/c1-53(2,3)37-19-15-33(16-20-37)49-43-27-23-39(55-43)47(31-7-11-35(12-8-31)51(59)60)41-25-29-45(57-41)50(34-17-21-38(22-18-34)54(4,5)6)46-30-26-42(58-46)48(40-24-28-44(49)56-40)32-9-13-36(14-10-32)52(61)62/h7-30,55,58H,1-6H3,(H,59,60)(H,61,62). The molecule has 62 heavy (non-hydrogen) atoms. The molecule has 7 aromatic rings. The highest BCUT2D eigenvalue weighted by Crippen LogP contribution is 2.39. The Balaban J connectivity index is 1.42. The zero-order valence-corrected chi connectivity index (χ0v) is 35.5. The van der Waals surface area contributed by atoms with E-state index in [1.807, 2.05) is 60.7 Å². The zero-order valence-electron chi connectivity index (χ0n) is 35.5. The largest absolute Gasteiger partial charge is 0.478 e. The van der Waals surface area contributed by atoms with E-state index in [4.69, 9.17) is 9.97 Å². The number of carboxylic acids is 2. The van der Waals surface area contributed by atoms with Gasteiger partial charge in [-0.3, -0.25) is 0 Å². The number of aromatic carboxylic acids is 2. The van der Waals surface area contributed by atoms with Gasteiger partial charge in [0.15, 0.2) is 0 Å². The lowest BCUT2D eigenvalue weighted by Gasteiger charge is -2.19. The lowest BCUT2D eigenvalue weighted by molar-refractivity contribution is 0.0686. The summed E-state index contributed by atoms with van der Waals surface area (Å²) < 4.78 is 0. The molecule has 0 atom stereocenters. The average molecular weight is 815 g/mol. The second-order valence-electron chi connectivity index (χ2n) is 17.9. The first kappa shape index (κ1) is 39.9. The fourth-order valence-electron chi connectivity index (χ4n) is 8.25. The van der Waals surface area contributed by atoms with E-state index in [1.165, 1.54) is 11.1 Å². The Hall–Kier alpha value is -7.58. The van der Waals surface area contributed by atoms with Crippen LogP contribution in [0.2, 0.25) is 0 Å². The fraction of sp³-hybridized carbons (Fsp3) is 0.148. The molecule has 8 bridgehead atoms. The van der Waals surface area contributed by atoms with Gasteiger partial charge in [0.05, 0.1) is 33.9 Å². The van der Waals surface area contributed by atoms with Gasteiger partial charge in [-0.2, -0.15) is 0 Å². The highest BCUT2D eigenvalue weighted by atomic mass is 16.4. The highest BCUT2D eigenvalue weighted by Gasteiger charge is 2.21. The zero-order chi connectivity index (χ0) is 43.5. The molecule has 0 radical (unpaired) electrons. The molecule has 4 aromatic carbocycles. The summed E-state index contributed by atoms with van der Waals surface area (Å²) in [6.45, 7) is 13.2. The Labute approximate surface area is 360 Å². The van der Waals surface area contributed by atoms with Gasteiger partial charge in [-0.25, -0.2) is 19.6 Å². The Bertz CT molecular complexity index is 2940. The van der Waals surface area contributed by atoms with Crippen molar-refractivity contribution in [3.63, 3.8) is 0 Å². The molecule has 4 N–H and O–H groups in total. The minimum absolute atomic E-state index is 0.0391. The Morgan fingerprint density at radius 3 is 0.855 bits per heavy atom. The van der Waals surface area contributed by atoms with Crippen LogP contribution in [0.1, 0.15) is 96.2 Å². The van der Waals surface area contributed by atoms with E-state index in [-0.39, 0.29) is 22.0 Å². The molecule has 0 fully saturated rings. The SMILES string of the molecule is CC(C)(C)c1ccc(-c2c3nc(c(-c4ccc(C(=O)O)cc4)c4ccc([nH]4)c(-c4ccc(C(C)(C)C)cc4)c4nc(c(-c5ccc(C(=O)O)cc5)c5ccc2[nH]5)C=C4)C=C3)cc1. The van der Waals surface area contributed by atoms with E-state index in [9.17, 15) is 19.8 Å². The number of hydrogen-bond donors (Lipinski definition) is 4. The molecule has 5 heterocycles. The first-order chi connectivity index (χ1) is 29.6. The van der Waals surface area contributed by atoms with Gasteiger partial charge in [0, 0.05) is 44.3 Å². The molecule has 8 nitrogen and oxygen atoms in total. The van der Waals surface area contributed by atoms with Gasteiger partial charge in [0.25, 0.3) is 0 Å². The molecular formula is C54H46N4O4. The molecule has 0 spiro atoms. The van der Waals surface area contributed by atoms with Gasteiger partial charge in [-0.05, 0) is 117 Å². The summed E-state index contributed by atoms with van der Waals surface area (Å²) in [7, 11) is 0. The smallest absolute Gasteiger partial charge is 0.335 e. The number of carbonyl (C=O) groups is 2. The number of aromatic amines is 2. The molecular weight excluding hydrogens is 769 g/mol. The van der Waals surface area contributed by atoms with Crippen LogP contribution in [-0.2, 0) is 10.8 Å². The Morgan fingerprint density at radius 2 is 0.629 bits per heavy atom. The number of fused-ring (bicyclic) bond motifs is 8. The van der Waals surface area contributed by atoms with E-state index < -0.39 is 11.9 Å². The van der Waals surface area contributed by atoms with Gasteiger partial charge in [0.1, 0.15) is 0 Å². The lowest BCUT2D eigenvalue weighted by atomic mass is 9.86. The third kappa shape index (κ3) is 7.45.